The van der Waals surface area contributed by atoms with E-state index in [0.717, 1.165) is 42.3 Å². The molecule has 1 amide bonds. The molecule has 0 radical (unpaired) electrons. The number of fused-ring (bicyclic) bond motifs is 1. The van der Waals surface area contributed by atoms with Crippen LogP contribution in [0.4, 0.5) is 10.7 Å². The summed E-state index contributed by atoms with van der Waals surface area (Å²) in [7, 11) is 0. The lowest BCUT2D eigenvalue weighted by Crippen LogP contribution is -2.25. The van der Waals surface area contributed by atoms with Crippen LogP contribution in [0.1, 0.15) is 59.2 Å². The number of aromatic nitrogens is 2. The zero-order valence-corrected chi connectivity index (χ0v) is 16.8. The lowest BCUT2D eigenvalue weighted by molar-refractivity contribution is -0.385. The molecule has 0 spiro atoms. The number of nitro groups is 1. The summed E-state index contributed by atoms with van der Waals surface area (Å²) < 4.78 is 6.50. The van der Waals surface area contributed by atoms with Crippen molar-refractivity contribution in [1.29, 1.82) is 0 Å². The van der Waals surface area contributed by atoms with Crippen molar-refractivity contribution in [3.05, 3.63) is 38.0 Å². The second-order valence-corrected chi connectivity index (χ2v) is 7.72. The third-order valence-electron chi connectivity index (χ3n) is 4.85. The van der Waals surface area contributed by atoms with Crippen molar-refractivity contribution in [3.63, 3.8) is 0 Å². The van der Waals surface area contributed by atoms with Crippen molar-refractivity contribution in [3.8, 4) is 0 Å². The van der Waals surface area contributed by atoms with E-state index in [1.54, 1.807) is 20.8 Å². The van der Waals surface area contributed by atoms with E-state index in [9.17, 15) is 19.7 Å². The van der Waals surface area contributed by atoms with Gasteiger partial charge in [0, 0.05) is 4.88 Å². The smallest absolute Gasteiger partial charge is 0.341 e. The van der Waals surface area contributed by atoms with Gasteiger partial charge in [0.05, 0.1) is 17.1 Å². The molecule has 0 bridgehead atoms. The number of hydrogen-bond acceptors (Lipinski definition) is 7. The van der Waals surface area contributed by atoms with Crippen molar-refractivity contribution in [2.24, 2.45) is 0 Å². The van der Waals surface area contributed by atoms with Crippen LogP contribution in [0.3, 0.4) is 0 Å². The van der Waals surface area contributed by atoms with E-state index in [1.165, 1.54) is 16.0 Å². The van der Waals surface area contributed by atoms with Gasteiger partial charge >= 0.3 is 11.7 Å². The zero-order valence-electron chi connectivity index (χ0n) is 16.0. The number of thiophene rings is 1. The highest BCUT2D eigenvalue weighted by molar-refractivity contribution is 7.17. The highest BCUT2D eigenvalue weighted by atomic mass is 32.1. The van der Waals surface area contributed by atoms with Gasteiger partial charge in [-0.25, -0.2) is 4.79 Å². The summed E-state index contributed by atoms with van der Waals surface area (Å²) in [6.45, 7) is 5.15. The Hall–Kier alpha value is -2.75. The number of esters is 1. The Bertz CT molecular complexity index is 933. The average molecular weight is 406 g/mol. The molecule has 10 heteroatoms. The normalized spacial score (nSPS) is 14.2. The van der Waals surface area contributed by atoms with Crippen molar-refractivity contribution >= 4 is 33.9 Å². The van der Waals surface area contributed by atoms with Gasteiger partial charge in [-0.3, -0.25) is 19.6 Å². The van der Waals surface area contributed by atoms with Crippen LogP contribution in [0.15, 0.2) is 6.20 Å². The maximum Gasteiger partial charge on any atom is 0.341 e. The molecular weight excluding hydrogens is 384 g/mol. The molecular formula is C18H22N4O5S. The molecule has 3 rings (SSSR count). The molecule has 1 atom stereocenters. The Balaban J connectivity index is 1.88. The van der Waals surface area contributed by atoms with Crippen LogP contribution in [0.25, 0.3) is 0 Å². The van der Waals surface area contributed by atoms with Gasteiger partial charge in [0.25, 0.3) is 0 Å². The van der Waals surface area contributed by atoms with E-state index in [2.05, 4.69) is 10.4 Å². The number of anilines is 1. The molecule has 1 aliphatic rings. The number of rotatable bonds is 6. The Morgan fingerprint density at radius 1 is 1.43 bits per heavy atom. The molecule has 0 aliphatic heterocycles. The second kappa shape index (κ2) is 8.09. The topological polar surface area (TPSA) is 116 Å². The summed E-state index contributed by atoms with van der Waals surface area (Å²) in [6.07, 6.45) is 4.84. The van der Waals surface area contributed by atoms with Crippen molar-refractivity contribution in [2.75, 3.05) is 11.9 Å². The molecule has 2 aromatic rings. The summed E-state index contributed by atoms with van der Waals surface area (Å²) in [6, 6.07) is -0.775. The Labute approximate surface area is 165 Å². The first kappa shape index (κ1) is 20.0. The molecule has 1 aliphatic carbocycles. The van der Waals surface area contributed by atoms with Crippen LogP contribution < -0.4 is 5.32 Å². The van der Waals surface area contributed by atoms with Crippen LogP contribution >= 0.6 is 11.3 Å². The molecule has 0 aromatic carbocycles. The first-order valence-corrected chi connectivity index (χ1v) is 9.97. The molecule has 150 valence electrons. The fourth-order valence-corrected chi connectivity index (χ4v) is 4.66. The van der Waals surface area contributed by atoms with Crippen LogP contribution in [0, 0.1) is 17.0 Å². The van der Waals surface area contributed by atoms with Crippen LogP contribution in [-0.2, 0) is 22.4 Å². The van der Waals surface area contributed by atoms with E-state index in [-0.39, 0.29) is 12.3 Å². The van der Waals surface area contributed by atoms with Crippen molar-refractivity contribution in [2.45, 2.75) is 52.5 Å². The second-order valence-electron chi connectivity index (χ2n) is 6.62. The van der Waals surface area contributed by atoms with E-state index in [1.807, 2.05) is 0 Å². The van der Waals surface area contributed by atoms with Gasteiger partial charge in [0.2, 0.25) is 5.91 Å². The fraction of sp³-hybridized carbons (Fsp3) is 0.500. The maximum atomic E-state index is 12.8. The van der Waals surface area contributed by atoms with Gasteiger partial charge in [-0.05, 0) is 52.0 Å². The van der Waals surface area contributed by atoms with Crippen molar-refractivity contribution in [1.82, 2.24) is 9.78 Å². The standard InChI is InChI=1S/C18H22N4O5S/c1-4-27-18(24)15-12-7-5-6-8-14(12)28-17(15)20-16(23)11(3)21-10(2)13(9-19-21)22(25)26/h9,11H,4-8H2,1-3H3,(H,20,23). The molecule has 2 aromatic heterocycles. The van der Waals surface area contributed by atoms with Gasteiger partial charge in [0.1, 0.15) is 22.9 Å². The SMILES string of the molecule is CCOC(=O)c1c(NC(=O)C(C)n2ncc([N+](=O)[O-])c2C)sc2c1CCCC2. The third kappa shape index (κ3) is 3.64. The number of aryl methyl sites for hydroxylation is 1. The number of nitrogens with zero attached hydrogens (tertiary/aromatic N) is 3. The van der Waals surface area contributed by atoms with E-state index < -0.39 is 22.8 Å². The largest absolute Gasteiger partial charge is 0.462 e. The molecule has 1 N–H and O–H groups in total. The van der Waals surface area contributed by atoms with Gasteiger partial charge < -0.3 is 10.1 Å². The van der Waals surface area contributed by atoms with Crippen LogP contribution in [0.5, 0.6) is 0 Å². The predicted molar refractivity (Wildman–Crippen MR) is 104 cm³/mol. The summed E-state index contributed by atoms with van der Waals surface area (Å²) in [4.78, 5) is 36.9. The zero-order chi connectivity index (χ0) is 20.4. The van der Waals surface area contributed by atoms with Crippen LogP contribution in [0.2, 0.25) is 0 Å². The maximum absolute atomic E-state index is 12.8. The van der Waals surface area contributed by atoms with E-state index in [0.29, 0.717) is 16.3 Å². The number of hydrogen-bond donors (Lipinski definition) is 1. The number of ether oxygens (including phenoxy) is 1. The first-order valence-electron chi connectivity index (χ1n) is 9.16. The summed E-state index contributed by atoms with van der Waals surface area (Å²) in [5.74, 6) is -0.832. The summed E-state index contributed by atoms with van der Waals surface area (Å²) >= 11 is 1.40. The molecule has 2 heterocycles. The molecule has 28 heavy (non-hydrogen) atoms. The van der Waals surface area contributed by atoms with Crippen LogP contribution in [-0.4, -0.2) is 33.2 Å². The lowest BCUT2D eigenvalue weighted by Gasteiger charge is -2.14. The van der Waals surface area contributed by atoms with Gasteiger partial charge in [-0.2, -0.15) is 5.10 Å². The van der Waals surface area contributed by atoms with E-state index >= 15 is 0 Å². The molecule has 0 saturated carbocycles. The van der Waals surface area contributed by atoms with Gasteiger partial charge in [-0.1, -0.05) is 0 Å². The number of carbonyl (C=O) groups is 2. The third-order valence-corrected chi connectivity index (χ3v) is 6.06. The van der Waals surface area contributed by atoms with Gasteiger partial charge in [0.15, 0.2) is 0 Å². The van der Waals surface area contributed by atoms with Gasteiger partial charge in [-0.15, -0.1) is 11.3 Å². The Kier molecular flexibility index (Phi) is 5.78. The molecule has 0 saturated heterocycles. The minimum Gasteiger partial charge on any atom is -0.462 e. The van der Waals surface area contributed by atoms with Crippen molar-refractivity contribution < 1.29 is 19.2 Å². The minimum absolute atomic E-state index is 0.140. The number of carbonyl (C=O) groups excluding carboxylic acids is 2. The number of nitrogens with one attached hydrogen (secondary N) is 1. The Morgan fingerprint density at radius 3 is 2.79 bits per heavy atom. The summed E-state index contributed by atoms with van der Waals surface area (Å²) in [5, 5.41) is 18.3. The first-order chi connectivity index (χ1) is 13.3. The average Bonchev–Trinajstić information content (AvgIpc) is 3.21. The lowest BCUT2D eigenvalue weighted by atomic mass is 9.95. The quantitative estimate of drug-likeness (QED) is 0.446. The minimum atomic E-state index is -0.775. The Morgan fingerprint density at radius 2 is 2.14 bits per heavy atom. The fourth-order valence-electron chi connectivity index (χ4n) is 3.38. The van der Waals surface area contributed by atoms with E-state index in [4.69, 9.17) is 4.74 Å². The number of amides is 1. The summed E-state index contributed by atoms with van der Waals surface area (Å²) in [5.41, 5.74) is 1.55. The highest BCUT2D eigenvalue weighted by Crippen LogP contribution is 2.39. The highest BCUT2D eigenvalue weighted by Gasteiger charge is 2.29. The monoisotopic (exact) mass is 406 g/mol. The molecule has 9 nitrogen and oxygen atoms in total. The molecule has 0 fully saturated rings. The predicted octanol–water partition coefficient (Wildman–Crippen LogP) is 3.42. The molecule has 1 unspecified atom stereocenters.